The Bertz CT molecular complexity index is 339. The Labute approximate surface area is 106 Å². The zero-order chi connectivity index (χ0) is 13.2. The smallest absolute Gasteiger partial charge is 0.227 e. The molecule has 2 aliphatic rings. The number of nitrogens with zero attached hydrogens (tertiary/aromatic N) is 1. The van der Waals surface area contributed by atoms with Gasteiger partial charge >= 0.3 is 0 Å². The molecule has 2 amide bonds. The summed E-state index contributed by atoms with van der Waals surface area (Å²) < 4.78 is 5.20. The molecular weight excluding hydrogens is 236 g/mol. The molecule has 2 heterocycles. The third-order valence-electron chi connectivity index (χ3n) is 3.66. The average molecular weight is 256 g/mol. The van der Waals surface area contributed by atoms with E-state index in [4.69, 9.17) is 4.74 Å². The van der Waals surface area contributed by atoms with E-state index in [1.54, 1.807) is 7.05 Å². The van der Waals surface area contributed by atoms with Crippen molar-refractivity contribution < 1.29 is 19.4 Å². The van der Waals surface area contributed by atoms with Gasteiger partial charge in [-0.3, -0.25) is 9.59 Å². The predicted octanol–water partition coefficient (Wildman–Crippen LogP) is -0.878. The van der Waals surface area contributed by atoms with Crippen LogP contribution in [-0.2, 0) is 14.3 Å². The van der Waals surface area contributed by atoms with E-state index in [1.807, 2.05) is 0 Å². The van der Waals surface area contributed by atoms with E-state index in [1.165, 1.54) is 4.90 Å². The van der Waals surface area contributed by atoms with Crippen molar-refractivity contribution in [1.82, 2.24) is 10.2 Å². The van der Waals surface area contributed by atoms with Gasteiger partial charge in [-0.15, -0.1) is 0 Å². The first-order chi connectivity index (χ1) is 8.50. The van der Waals surface area contributed by atoms with Crippen molar-refractivity contribution >= 4 is 11.8 Å². The monoisotopic (exact) mass is 256 g/mol. The maximum Gasteiger partial charge on any atom is 0.227 e. The highest BCUT2D eigenvalue weighted by Crippen LogP contribution is 2.22. The topological polar surface area (TPSA) is 78.9 Å². The molecule has 1 unspecified atom stereocenters. The van der Waals surface area contributed by atoms with E-state index >= 15 is 0 Å². The molecule has 0 spiro atoms. The molecule has 2 rings (SSSR count). The van der Waals surface area contributed by atoms with E-state index < -0.39 is 5.60 Å². The highest BCUT2D eigenvalue weighted by atomic mass is 16.5. The molecule has 1 atom stereocenters. The summed E-state index contributed by atoms with van der Waals surface area (Å²) in [6.45, 7) is 1.77. The molecule has 2 N–H and O–H groups in total. The molecule has 2 fully saturated rings. The fraction of sp³-hybridized carbons (Fsp3) is 0.833. The van der Waals surface area contributed by atoms with Crippen molar-refractivity contribution in [2.24, 2.45) is 5.92 Å². The second-order valence-corrected chi connectivity index (χ2v) is 5.24. The second-order valence-electron chi connectivity index (χ2n) is 5.24. The van der Waals surface area contributed by atoms with Crippen LogP contribution in [0.4, 0.5) is 0 Å². The lowest BCUT2D eigenvalue weighted by Gasteiger charge is -2.36. The zero-order valence-corrected chi connectivity index (χ0v) is 10.6. The van der Waals surface area contributed by atoms with Gasteiger partial charge in [-0.2, -0.15) is 0 Å². The molecule has 0 aromatic rings. The molecule has 6 nitrogen and oxygen atoms in total. The Morgan fingerprint density at radius 2 is 2.22 bits per heavy atom. The fourth-order valence-corrected chi connectivity index (χ4v) is 2.52. The van der Waals surface area contributed by atoms with Gasteiger partial charge in [0.2, 0.25) is 11.8 Å². The van der Waals surface area contributed by atoms with E-state index in [-0.39, 0.29) is 24.2 Å². The lowest BCUT2D eigenvalue weighted by atomic mass is 9.93. The van der Waals surface area contributed by atoms with Crippen LogP contribution in [0, 0.1) is 5.92 Å². The molecule has 0 bridgehead atoms. The minimum atomic E-state index is -0.849. The van der Waals surface area contributed by atoms with Crippen LogP contribution in [0.3, 0.4) is 0 Å². The van der Waals surface area contributed by atoms with Crippen LogP contribution < -0.4 is 5.32 Å². The summed E-state index contributed by atoms with van der Waals surface area (Å²) in [5, 5.41) is 13.0. The second kappa shape index (κ2) is 5.24. The standard InChI is InChI=1S/C12H20N2O4/c1-14(8-12(17)2-4-18-5-3-12)11(16)9-6-10(15)13-7-9/h9,17H,2-8H2,1H3,(H,13,15). The minimum Gasteiger partial charge on any atom is -0.388 e. The normalized spacial score (nSPS) is 26.8. The summed E-state index contributed by atoms with van der Waals surface area (Å²) in [6, 6.07) is 0. The van der Waals surface area contributed by atoms with Crippen LogP contribution >= 0.6 is 0 Å². The zero-order valence-electron chi connectivity index (χ0n) is 10.6. The van der Waals surface area contributed by atoms with E-state index in [0.717, 1.165) is 0 Å². The van der Waals surface area contributed by atoms with Gasteiger partial charge in [0.15, 0.2) is 0 Å². The Morgan fingerprint density at radius 1 is 1.56 bits per heavy atom. The number of ether oxygens (including phenoxy) is 1. The summed E-state index contributed by atoms with van der Waals surface area (Å²) in [5.74, 6) is -0.439. The van der Waals surface area contributed by atoms with E-state index in [9.17, 15) is 14.7 Å². The highest BCUT2D eigenvalue weighted by molar-refractivity contribution is 5.89. The van der Waals surface area contributed by atoms with Crippen LogP contribution in [0.1, 0.15) is 19.3 Å². The first-order valence-corrected chi connectivity index (χ1v) is 6.32. The van der Waals surface area contributed by atoms with Gasteiger partial charge in [0.1, 0.15) is 0 Å². The fourth-order valence-electron chi connectivity index (χ4n) is 2.52. The lowest BCUT2D eigenvalue weighted by Crippen LogP contribution is -2.48. The molecule has 0 aromatic carbocycles. The first-order valence-electron chi connectivity index (χ1n) is 6.32. The van der Waals surface area contributed by atoms with Gasteiger partial charge in [-0.25, -0.2) is 0 Å². The quantitative estimate of drug-likeness (QED) is 0.687. The molecule has 6 heteroatoms. The summed E-state index contributed by atoms with van der Waals surface area (Å²) in [7, 11) is 1.68. The van der Waals surface area contributed by atoms with Gasteiger partial charge in [0.05, 0.1) is 11.5 Å². The molecule has 2 saturated heterocycles. The van der Waals surface area contributed by atoms with Crippen LogP contribution in [0.5, 0.6) is 0 Å². The van der Waals surface area contributed by atoms with Gasteiger partial charge < -0.3 is 20.1 Å². The highest BCUT2D eigenvalue weighted by Gasteiger charge is 2.35. The van der Waals surface area contributed by atoms with E-state index in [2.05, 4.69) is 5.32 Å². The van der Waals surface area contributed by atoms with Crippen molar-refractivity contribution in [2.75, 3.05) is 33.4 Å². The number of hydrogen-bond donors (Lipinski definition) is 2. The van der Waals surface area contributed by atoms with E-state index in [0.29, 0.717) is 39.1 Å². The maximum absolute atomic E-state index is 12.1. The number of hydrogen-bond acceptors (Lipinski definition) is 4. The Morgan fingerprint density at radius 3 is 2.78 bits per heavy atom. The molecule has 2 aliphatic heterocycles. The van der Waals surface area contributed by atoms with Crippen molar-refractivity contribution in [3.8, 4) is 0 Å². The molecule has 0 aromatic heterocycles. The molecule has 18 heavy (non-hydrogen) atoms. The van der Waals surface area contributed by atoms with Crippen molar-refractivity contribution in [2.45, 2.75) is 24.9 Å². The average Bonchev–Trinajstić information content (AvgIpc) is 2.75. The van der Waals surface area contributed by atoms with Crippen molar-refractivity contribution in [1.29, 1.82) is 0 Å². The van der Waals surface area contributed by atoms with Crippen molar-refractivity contribution in [3.05, 3.63) is 0 Å². The molecule has 0 radical (unpaired) electrons. The Hall–Kier alpha value is -1.14. The summed E-state index contributed by atoms with van der Waals surface area (Å²) in [6.07, 6.45) is 1.35. The molecule has 0 aliphatic carbocycles. The number of amides is 2. The number of carbonyl (C=O) groups excluding carboxylic acids is 2. The summed E-state index contributed by atoms with van der Waals surface area (Å²) in [5.41, 5.74) is -0.849. The first kappa shape index (κ1) is 13.3. The van der Waals surface area contributed by atoms with Gasteiger partial charge in [0, 0.05) is 52.6 Å². The SMILES string of the molecule is CN(CC1(O)CCOCC1)C(=O)C1CNC(=O)C1. The van der Waals surface area contributed by atoms with Crippen LogP contribution in [-0.4, -0.2) is 60.8 Å². The van der Waals surface area contributed by atoms with Gasteiger partial charge in [-0.1, -0.05) is 0 Å². The summed E-state index contributed by atoms with van der Waals surface area (Å²) >= 11 is 0. The number of rotatable bonds is 3. The van der Waals surface area contributed by atoms with Crippen LogP contribution in [0.2, 0.25) is 0 Å². The lowest BCUT2D eigenvalue weighted by molar-refractivity contribution is -0.140. The van der Waals surface area contributed by atoms with Crippen LogP contribution in [0.15, 0.2) is 0 Å². The number of nitrogens with one attached hydrogen (secondary N) is 1. The number of likely N-dealkylation sites (N-methyl/N-ethyl adjacent to an activating group) is 1. The predicted molar refractivity (Wildman–Crippen MR) is 63.8 cm³/mol. The molecule has 102 valence electrons. The van der Waals surface area contributed by atoms with Crippen molar-refractivity contribution in [3.63, 3.8) is 0 Å². The third-order valence-corrected chi connectivity index (χ3v) is 3.66. The number of carbonyl (C=O) groups is 2. The summed E-state index contributed by atoms with van der Waals surface area (Å²) in [4.78, 5) is 24.7. The van der Waals surface area contributed by atoms with Gasteiger partial charge in [-0.05, 0) is 0 Å². The minimum absolute atomic E-state index is 0.0757. The number of aliphatic hydroxyl groups is 1. The van der Waals surface area contributed by atoms with Gasteiger partial charge in [0.25, 0.3) is 0 Å². The Balaban J connectivity index is 1.88. The Kier molecular flexibility index (Phi) is 3.87. The molecular formula is C12H20N2O4. The van der Waals surface area contributed by atoms with Crippen LogP contribution in [0.25, 0.3) is 0 Å². The maximum atomic E-state index is 12.1. The largest absolute Gasteiger partial charge is 0.388 e. The molecule has 0 saturated carbocycles. The third kappa shape index (κ3) is 3.00.